The summed E-state index contributed by atoms with van der Waals surface area (Å²) in [6.45, 7) is 9.85. The van der Waals surface area contributed by atoms with E-state index in [4.69, 9.17) is 0 Å². The second-order valence-electron chi connectivity index (χ2n) is 8.48. The van der Waals surface area contributed by atoms with Crippen LogP contribution in [0.15, 0.2) is 65.8 Å². The maximum absolute atomic E-state index is 14.6. The van der Waals surface area contributed by atoms with E-state index in [-0.39, 0.29) is 11.7 Å². The average molecular weight is 475 g/mol. The molecule has 0 fully saturated rings. The van der Waals surface area contributed by atoms with Crippen molar-refractivity contribution in [1.29, 1.82) is 0 Å². The molecule has 1 heterocycles. The van der Waals surface area contributed by atoms with Crippen LogP contribution in [0.2, 0.25) is 0 Å². The molecule has 0 saturated carbocycles. The van der Waals surface area contributed by atoms with E-state index >= 15 is 0 Å². The van der Waals surface area contributed by atoms with Crippen LogP contribution < -0.4 is 5.32 Å². The topological polar surface area (TPSA) is 59.8 Å². The molecular formula is C27H27FN4OS. The number of aryl methyl sites for hydroxylation is 4. The van der Waals surface area contributed by atoms with Gasteiger partial charge >= 0.3 is 0 Å². The summed E-state index contributed by atoms with van der Waals surface area (Å²) < 4.78 is 16.4. The number of aromatic nitrogens is 3. The van der Waals surface area contributed by atoms with Crippen molar-refractivity contribution < 1.29 is 9.18 Å². The number of hydrogen-bond acceptors (Lipinski definition) is 4. The number of hydrogen-bond donors (Lipinski definition) is 1. The Morgan fingerprint density at radius 3 is 2.24 bits per heavy atom. The summed E-state index contributed by atoms with van der Waals surface area (Å²) in [6.07, 6.45) is 0. The van der Waals surface area contributed by atoms with Gasteiger partial charge in [-0.1, -0.05) is 59.3 Å². The van der Waals surface area contributed by atoms with Crippen molar-refractivity contribution in [2.24, 2.45) is 0 Å². The zero-order chi connectivity index (χ0) is 24.4. The van der Waals surface area contributed by atoms with Crippen LogP contribution >= 0.6 is 11.8 Å². The molecule has 1 atom stereocenters. The van der Waals surface area contributed by atoms with Crippen LogP contribution in [-0.4, -0.2) is 25.9 Å². The standard InChI is InChI=1S/C27H27FN4OS/c1-16-10-12-21(13-11-16)32-25(22-8-6-7-9-23(22)28)30-31-27(32)34-20(5)26(33)29-24-18(3)14-17(2)15-19(24)4/h6-15,20H,1-5H3,(H,29,33). The highest BCUT2D eigenvalue weighted by molar-refractivity contribution is 8.00. The zero-order valence-corrected chi connectivity index (χ0v) is 20.7. The largest absolute Gasteiger partial charge is 0.325 e. The minimum absolute atomic E-state index is 0.133. The molecule has 4 rings (SSSR count). The normalized spacial score (nSPS) is 11.9. The maximum Gasteiger partial charge on any atom is 0.237 e. The third kappa shape index (κ3) is 4.89. The van der Waals surface area contributed by atoms with E-state index in [2.05, 4.69) is 27.6 Å². The molecule has 1 unspecified atom stereocenters. The van der Waals surface area contributed by atoms with Gasteiger partial charge in [0.25, 0.3) is 0 Å². The molecule has 5 nitrogen and oxygen atoms in total. The van der Waals surface area contributed by atoms with E-state index in [1.807, 2.05) is 58.9 Å². The van der Waals surface area contributed by atoms with Gasteiger partial charge in [-0.3, -0.25) is 9.36 Å². The lowest BCUT2D eigenvalue weighted by Gasteiger charge is -2.17. The summed E-state index contributed by atoms with van der Waals surface area (Å²) >= 11 is 1.29. The van der Waals surface area contributed by atoms with E-state index in [0.717, 1.165) is 33.6 Å². The highest BCUT2D eigenvalue weighted by atomic mass is 32.2. The van der Waals surface area contributed by atoms with Crippen molar-refractivity contribution in [3.63, 3.8) is 0 Å². The van der Waals surface area contributed by atoms with Crippen LogP contribution in [0.5, 0.6) is 0 Å². The SMILES string of the molecule is Cc1ccc(-n2c(SC(C)C(=O)Nc3c(C)cc(C)cc3C)nnc2-c2ccccc2F)cc1. The molecule has 1 N–H and O–H groups in total. The smallest absolute Gasteiger partial charge is 0.237 e. The molecule has 3 aromatic carbocycles. The van der Waals surface area contributed by atoms with Gasteiger partial charge in [0.15, 0.2) is 11.0 Å². The summed E-state index contributed by atoms with van der Waals surface area (Å²) in [5.74, 6) is -0.121. The fourth-order valence-corrected chi connectivity index (χ4v) is 4.77. The van der Waals surface area contributed by atoms with Gasteiger partial charge < -0.3 is 5.32 Å². The minimum Gasteiger partial charge on any atom is -0.325 e. The Labute approximate surface area is 203 Å². The number of halogens is 1. The number of benzene rings is 3. The molecule has 1 amide bonds. The maximum atomic E-state index is 14.6. The average Bonchev–Trinajstić information content (AvgIpc) is 3.20. The van der Waals surface area contributed by atoms with Crippen LogP contribution in [0.25, 0.3) is 17.1 Å². The molecule has 0 spiro atoms. The Balaban J connectivity index is 1.67. The van der Waals surface area contributed by atoms with Crippen molar-refractivity contribution in [1.82, 2.24) is 14.8 Å². The molecule has 0 radical (unpaired) electrons. The minimum atomic E-state index is -0.457. The Morgan fingerprint density at radius 1 is 0.941 bits per heavy atom. The third-order valence-electron chi connectivity index (χ3n) is 5.62. The van der Waals surface area contributed by atoms with E-state index in [0.29, 0.717) is 16.5 Å². The quantitative estimate of drug-likeness (QED) is 0.327. The zero-order valence-electron chi connectivity index (χ0n) is 19.9. The van der Waals surface area contributed by atoms with E-state index in [1.54, 1.807) is 22.8 Å². The molecule has 1 aromatic heterocycles. The molecule has 4 aromatic rings. The van der Waals surface area contributed by atoms with Gasteiger partial charge in [-0.25, -0.2) is 4.39 Å². The third-order valence-corrected chi connectivity index (χ3v) is 6.66. The number of carbonyl (C=O) groups excluding carboxylic acids is 1. The van der Waals surface area contributed by atoms with Gasteiger partial charge in [-0.05, 0) is 70.0 Å². The highest BCUT2D eigenvalue weighted by Crippen LogP contribution is 2.32. The lowest BCUT2D eigenvalue weighted by atomic mass is 10.1. The van der Waals surface area contributed by atoms with Gasteiger partial charge in [0, 0.05) is 11.4 Å². The van der Waals surface area contributed by atoms with Gasteiger partial charge in [0.2, 0.25) is 5.91 Å². The van der Waals surface area contributed by atoms with Gasteiger partial charge in [0.05, 0.1) is 10.8 Å². The summed E-state index contributed by atoms with van der Waals surface area (Å²) in [5.41, 5.74) is 6.28. The number of anilines is 1. The molecule has 0 saturated heterocycles. The molecular weight excluding hydrogens is 447 g/mol. The van der Waals surface area contributed by atoms with Crippen LogP contribution in [0, 0.1) is 33.5 Å². The predicted octanol–water partition coefficient (Wildman–Crippen LogP) is 6.43. The van der Waals surface area contributed by atoms with E-state index in [1.165, 1.54) is 17.8 Å². The summed E-state index contributed by atoms with van der Waals surface area (Å²) in [6, 6.07) is 18.4. The van der Waals surface area contributed by atoms with Crippen molar-refractivity contribution in [2.45, 2.75) is 45.0 Å². The number of nitrogens with one attached hydrogen (secondary N) is 1. The molecule has 0 aliphatic carbocycles. The number of thioether (sulfide) groups is 1. The fraction of sp³-hybridized carbons (Fsp3) is 0.222. The first-order valence-electron chi connectivity index (χ1n) is 11.1. The summed E-state index contributed by atoms with van der Waals surface area (Å²) in [5, 5.41) is 11.8. The number of carbonyl (C=O) groups is 1. The second kappa shape index (κ2) is 9.81. The first-order valence-corrected chi connectivity index (χ1v) is 12.0. The number of amides is 1. The number of rotatable bonds is 6. The first-order chi connectivity index (χ1) is 16.2. The molecule has 0 aliphatic rings. The summed E-state index contributed by atoms with van der Waals surface area (Å²) in [4.78, 5) is 13.1. The van der Waals surface area contributed by atoms with E-state index in [9.17, 15) is 9.18 Å². The van der Waals surface area contributed by atoms with Crippen molar-refractivity contribution in [3.05, 3.63) is 88.7 Å². The Hall–Kier alpha value is -3.45. The Kier molecular flexibility index (Phi) is 6.84. The predicted molar refractivity (Wildman–Crippen MR) is 136 cm³/mol. The van der Waals surface area contributed by atoms with Crippen molar-refractivity contribution in [2.75, 3.05) is 5.32 Å². The van der Waals surface area contributed by atoms with Crippen molar-refractivity contribution >= 4 is 23.4 Å². The molecule has 0 aliphatic heterocycles. The molecule has 174 valence electrons. The van der Waals surface area contributed by atoms with E-state index < -0.39 is 5.25 Å². The highest BCUT2D eigenvalue weighted by Gasteiger charge is 2.23. The van der Waals surface area contributed by atoms with Crippen LogP contribution in [0.1, 0.15) is 29.2 Å². The van der Waals surface area contributed by atoms with Crippen LogP contribution in [0.4, 0.5) is 10.1 Å². The molecule has 7 heteroatoms. The van der Waals surface area contributed by atoms with Crippen molar-refractivity contribution in [3.8, 4) is 17.1 Å². The lowest BCUT2D eigenvalue weighted by Crippen LogP contribution is -2.24. The molecule has 34 heavy (non-hydrogen) atoms. The van der Waals surface area contributed by atoms with Gasteiger partial charge in [-0.15, -0.1) is 10.2 Å². The first kappa shape index (κ1) is 23.7. The summed E-state index contributed by atoms with van der Waals surface area (Å²) in [7, 11) is 0. The van der Waals surface area contributed by atoms with Crippen LogP contribution in [0.3, 0.4) is 0 Å². The van der Waals surface area contributed by atoms with Gasteiger partial charge in [-0.2, -0.15) is 0 Å². The Morgan fingerprint density at radius 2 is 1.59 bits per heavy atom. The second-order valence-corrected chi connectivity index (χ2v) is 9.79. The lowest BCUT2D eigenvalue weighted by molar-refractivity contribution is -0.115. The molecule has 0 bridgehead atoms. The number of nitrogens with zero attached hydrogens (tertiary/aromatic N) is 3. The Bertz CT molecular complexity index is 1320. The monoisotopic (exact) mass is 474 g/mol. The van der Waals surface area contributed by atoms with Gasteiger partial charge in [0.1, 0.15) is 5.82 Å². The fourth-order valence-electron chi connectivity index (χ4n) is 3.90. The van der Waals surface area contributed by atoms with Crippen LogP contribution in [-0.2, 0) is 4.79 Å².